The van der Waals surface area contributed by atoms with Gasteiger partial charge in [0.25, 0.3) is 0 Å². The van der Waals surface area contributed by atoms with Crippen molar-refractivity contribution in [2.75, 3.05) is 20.4 Å². The summed E-state index contributed by atoms with van der Waals surface area (Å²) in [4.78, 5) is 2.34. The van der Waals surface area contributed by atoms with Crippen LogP contribution in [-0.4, -0.2) is 31.3 Å². The van der Waals surface area contributed by atoms with Gasteiger partial charge in [0.15, 0.2) is 11.5 Å². The Labute approximate surface area is 115 Å². The maximum absolute atomic E-state index is 6.30. The summed E-state index contributed by atoms with van der Waals surface area (Å²) in [5, 5.41) is 0. The highest BCUT2D eigenvalue weighted by molar-refractivity contribution is 5.45. The molecule has 0 aliphatic carbocycles. The van der Waals surface area contributed by atoms with E-state index in [-0.39, 0.29) is 6.04 Å². The summed E-state index contributed by atoms with van der Waals surface area (Å²) in [6.45, 7) is 5.60. The SMILES string of the molecule is CCC(CC)N(C)CC(N)c1ccc2c(c1)OCO2. The van der Waals surface area contributed by atoms with E-state index in [1.807, 2.05) is 18.2 Å². The lowest BCUT2D eigenvalue weighted by Crippen LogP contribution is -2.36. The van der Waals surface area contributed by atoms with Crippen LogP contribution in [0.25, 0.3) is 0 Å². The Kier molecular flexibility index (Phi) is 4.66. The molecule has 0 fully saturated rings. The van der Waals surface area contributed by atoms with Crippen LogP contribution in [0.3, 0.4) is 0 Å². The van der Waals surface area contributed by atoms with Crippen LogP contribution >= 0.6 is 0 Å². The molecule has 106 valence electrons. The highest BCUT2D eigenvalue weighted by Gasteiger charge is 2.18. The normalized spacial score (nSPS) is 15.3. The van der Waals surface area contributed by atoms with Crippen molar-refractivity contribution in [3.63, 3.8) is 0 Å². The standard InChI is InChI=1S/C15H24N2O2/c1-4-12(5-2)17(3)9-13(16)11-6-7-14-15(8-11)19-10-18-14/h6-8,12-13H,4-5,9-10,16H2,1-3H3. The van der Waals surface area contributed by atoms with Crippen LogP contribution in [0.2, 0.25) is 0 Å². The van der Waals surface area contributed by atoms with Crippen LogP contribution in [0.1, 0.15) is 38.3 Å². The number of hydrogen-bond donors (Lipinski definition) is 1. The van der Waals surface area contributed by atoms with Crippen molar-refractivity contribution >= 4 is 0 Å². The summed E-state index contributed by atoms with van der Waals surface area (Å²) in [5.74, 6) is 1.61. The molecule has 4 nitrogen and oxygen atoms in total. The van der Waals surface area contributed by atoms with E-state index in [9.17, 15) is 0 Å². The summed E-state index contributed by atoms with van der Waals surface area (Å²) in [7, 11) is 2.14. The van der Waals surface area contributed by atoms with E-state index in [1.54, 1.807) is 0 Å². The Morgan fingerprint density at radius 3 is 2.58 bits per heavy atom. The van der Waals surface area contributed by atoms with Crippen molar-refractivity contribution in [2.24, 2.45) is 5.73 Å². The minimum atomic E-state index is 0.0000926. The van der Waals surface area contributed by atoms with Crippen molar-refractivity contribution in [3.05, 3.63) is 23.8 Å². The molecule has 1 unspecified atom stereocenters. The van der Waals surface area contributed by atoms with E-state index >= 15 is 0 Å². The van der Waals surface area contributed by atoms with Gasteiger partial charge in [-0.1, -0.05) is 19.9 Å². The number of hydrogen-bond acceptors (Lipinski definition) is 4. The maximum Gasteiger partial charge on any atom is 0.231 e. The zero-order valence-corrected chi connectivity index (χ0v) is 12.1. The molecule has 0 saturated heterocycles. The monoisotopic (exact) mass is 264 g/mol. The zero-order valence-electron chi connectivity index (χ0n) is 12.1. The first-order valence-electron chi connectivity index (χ1n) is 7.01. The second-order valence-electron chi connectivity index (χ2n) is 5.13. The average Bonchev–Trinajstić information content (AvgIpc) is 2.87. The average molecular weight is 264 g/mol. The molecule has 0 spiro atoms. The molecular weight excluding hydrogens is 240 g/mol. The van der Waals surface area contributed by atoms with Crippen LogP contribution in [0, 0.1) is 0 Å². The lowest BCUT2D eigenvalue weighted by molar-refractivity contribution is 0.174. The third kappa shape index (κ3) is 3.19. The van der Waals surface area contributed by atoms with E-state index in [1.165, 1.54) is 0 Å². The minimum absolute atomic E-state index is 0.0000926. The Balaban J connectivity index is 2.01. The molecule has 1 aromatic carbocycles. The number of fused-ring (bicyclic) bond motifs is 1. The first-order chi connectivity index (χ1) is 9.15. The van der Waals surface area contributed by atoms with Gasteiger partial charge in [0, 0.05) is 18.6 Å². The lowest BCUT2D eigenvalue weighted by Gasteiger charge is -2.28. The van der Waals surface area contributed by atoms with Gasteiger partial charge >= 0.3 is 0 Å². The van der Waals surface area contributed by atoms with E-state index in [0.29, 0.717) is 12.8 Å². The first kappa shape index (κ1) is 14.2. The quantitative estimate of drug-likeness (QED) is 0.857. The molecule has 1 aliphatic heterocycles. The molecule has 1 heterocycles. The van der Waals surface area contributed by atoms with Crippen LogP contribution in [0.4, 0.5) is 0 Å². The number of ether oxygens (including phenoxy) is 2. The predicted octanol–water partition coefficient (Wildman–Crippen LogP) is 2.54. The van der Waals surface area contributed by atoms with Crippen molar-refractivity contribution in [1.29, 1.82) is 0 Å². The van der Waals surface area contributed by atoms with Crippen molar-refractivity contribution in [2.45, 2.75) is 38.8 Å². The molecule has 2 rings (SSSR count). The molecule has 0 bridgehead atoms. The van der Waals surface area contributed by atoms with E-state index in [4.69, 9.17) is 15.2 Å². The number of nitrogens with two attached hydrogens (primary N) is 1. The fraction of sp³-hybridized carbons (Fsp3) is 0.600. The summed E-state index contributed by atoms with van der Waals surface area (Å²) < 4.78 is 10.7. The summed E-state index contributed by atoms with van der Waals surface area (Å²) >= 11 is 0. The van der Waals surface area contributed by atoms with Gasteiger partial charge in [-0.2, -0.15) is 0 Å². The maximum atomic E-state index is 6.30. The molecule has 1 aliphatic rings. The molecule has 1 aromatic rings. The van der Waals surface area contributed by atoms with Gasteiger partial charge in [-0.25, -0.2) is 0 Å². The van der Waals surface area contributed by atoms with Gasteiger partial charge in [0.1, 0.15) is 0 Å². The topological polar surface area (TPSA) is 47.7 Å². The number of nitrogens with zero attached hydrogens (tertiary/aromatic N) is 1. The summed E-state index contributed by atoms with van der Waals surface area (Å²) in [5.41, 5.74) is 7.40. The second kappa shape index (κ2) is 6.26. The van der Waals surface area contributed by atoms with Gasteiger partial charge < -0.3 is 20.1 Å². The van der Waals surface area contributed by atoms with E-state index < -0.39 is 0 Å². The Morgan fingerprint density at radius 1 is 1.21 bits per heavy atom. The number of benzene rings is 1. The third-order valence-corrected chi connectivity index (χ3v) is 3.88. The van der Waals surface area contributed by atoms with Gasteiger partial charge in [-0.05, 0) is 37.6 Å². The van der Waals surface area contributed by atoms with Gasteiger partial charge in [-0.3, -0.25) is 0 Å². The van der Waals surface area contributed by atoms with E-state index in [0.717, 1.165) is 36.4 Å². The zero-order chi connectivity index (χ0) is 13.8. The highest BCUT2D eigenvalue weighted by atomic mass is 16.7. The molecule has 0 amide bonds. The fourth-order valence-electron chi connectivity index (χ4n) is 2.62. The molecule has 0 radical (unpaired) electrons. The molecule has 0 aromatic heterocycles. The summed E-state index contributed by atoms with van der Waals surface area (Å²) in [6.07, 6.45) is 2.31. The lowest BCUT2D eigenvalue weighted by atomic mass is 10.0. The third-order valence-electron chi connectivity index (χ3n) is 3.88. The number of likely N-dealkylation sites (N-methyl/N-ethyl adjacent to an activating group) is 1. The fourth-order valence-corrected chi connectivity index (χ4v) is 2.62. The van der Waals surface area contributed by atoms with Gasteiger partial charge in [-0.15, -0.1) is 0 Å². The molecule has 0 saturated carbocycles. The molecule has 19 heavy (non-hydrogen) atoms. The van der Waals surface area contributed by atoms with Crippen LogP contribution in [-0.2, 0) is 0 Å². The Bertz CT molecular complexity index is 419. The van der Waals surface area contributed by atoms with Crippen LogP contribution in [0.15, 0.2) is 18.2 Å². The van der Waals surface area contributed by atoms with Crippen molar-refractivity contribution in [3.8, 4) is 11.5 Å². The largest absolute Gasteiger partial charge is 0.454 e. The van der Waals surface area contributed by atoms with Gasteiger partial charge in [0.2, 0.25) is 6.79 Å². The van der Waals surface area contributed by atoms with Crippen LogP contribution in [0.5, 0.6) is 11.5 Å². The summed E-state index contributed by atoms with van der Waals surface area (Å²) in [6, 6.07) is 6.56. The van der Waals surface area contributed by atoms with Crippen molar-refractivity contribution < 1.29 is 9.47 Å². The van der Waals surface area contributed by atoms with Gasteiger partial charge in [0.05, 0.1) is 0 Å². The predicted molar refractivity (Wildman–Crippen MR) is 76.5 cm³/mol. The molecule has 1 atom stereocenters. The Morgan fingerprint density at radius 2 is 1.89 bits per heavy atom. The number of rotatable bonds is 6. The molecule has 2 N–H and O–H groups in total. The minimum Gasteiger partial charge on any atom is -0.454 e. The van der Waals surface area contributed by atoms with Crippen molar-refractivity contribution in [1.82, 2.24) is 4.90 Å². The van der Waals surface area contributed by atoms with Crippen LogP contribution < -0.4 is 15.2 Å². The molecular formula is C15H24N2O2. The first-order valence-corrected chi connectivity index (χ1v) is 7.01. The smallest absolute Gasteiger partial charge is 0.231 e. The van der Waals surface area contributed by atoms with E-state index in [2.05, 4.69) is 25.8 Å². The molecule has 4 heteroatoms. The highest BCUT2D eigenvalue weighted by Crippen LogP contribution is 2.34. The second-order valence-corrected chi connectivity index (χ2v) is 5.13. The Hall–Kier alpha value is -1.26.